The van der Waals surface area contributed by atoms with E-state index in [-0.39, 0.29) is 22.8 Å². The van der Waals surface area contributed by atoms with Crippen molar-refractivity contribution >= 4 is 45.5 Å². The van der Waals surface area contributed by atoms with E-state index in [0.717, 1.165) is 4.90 Å². The lowest BCUT2D eigenvalue weighted by atomic mass is 10.1. The van der Waals surface area contributed by atoms with E-state index in [0.29, 0.717) is 10.0 Å². The van der Waals surface area contributed by atoms with Crippen LogP contribution in [-0.4, -0.2) is 35.0 Å². The molecule has 1 aromatic carbocycles. The van der Waals surface area contributed by atoms with E-state index in [1.165, 1.54) is 49.8 Å². The van der Waals surface area contributed by atoms with Crippen LogP contribution in [0.25, 0.3) is 6.08 Å². The number of methoxy groups -OCH3 is 1. The number of phenolic OH excluding ortho intramolecular Hbond substituents is 1. The van der Waals surface area contributed by atoms with E-state index < -0.39 is 17.8 Å². The first-order chi connectivity index (χ1) is 12.4. The number of nitrogens with one attached hydrogen (secondary N) is 1. The summed E-state index contributed by atoms with van der Waals surface area (Å²) in [6.07, 6.45) is 4.17. The average molecular weight is 418 g/mol. The Bertz CT molecular complexity index is 943. The maximum absolute atomic E-state index is 12.7. The van der Waals surface area contributed by atoms with Crippen molar-refractivity contribution in [3.05, 3.63) is 52.3 Å². The molecule has 1 saturated heterocycles. The highest BCUT2D eigenvalue weighted by Gasteiger charge is 2.36. The maximum Gasteiger partial charge on any atom is 0.335 e. The third-order valence-corrected chi connectivity index (χ3v) is 4.31. The molecule has 132 valence electrons. The number of hydrogen-bond donors (Lipinski definition) is 2. The Morgan fingerprint density at radius 3 is 2.58 bits per heavy atom. The lowest BCUT2D eigenvalue weighted by Gasteiger charge is -2.26. The molecule has 0 spiro atoms. The summed E-state index contributed by atoms with van der Waals surface area (Å²) in [5.74, 6) is -1.52. The van der Waals surface area contributed by atoms with Gasteiger partial charge in [0, 0.05) is 16.9 Å². The van der Waals surface area contributed by atoms with Crippen LogP contribution in [-0.2, 0) is 9.59 Å². The second-order valence-corrected chi connectivity index (χ2v) is 6.06. The van der Waals surface area contributed by atoms with E-state index in [1.54, 1.807) is 0 Å². The third kappa shape index (κ3) is 3.16. The van der Waals surface area contributed by atoms with E-state index in [1.807, 2.05) is 0 Å². The Morgan fingerprint density at radius 2 is 1.92 bits per heavy atom. The van der Waals surface area contributed by atoms with Crippen LogP contribution < -0.4 is 15.0 Å². The summed E-state index contributed by atoms with van der Waals surface area (Å²) in [7, 11) is 1.38. The number of anilines is 1. The highest BCUT2D eigenvalue weighted by atomic mass is 79.9. The van der Waals surface area contributed by atoms with Gasteiger partial charge in [-0.2, -0.15) is 0 Å². The standard InChI is InChI=1S/C17H12BrN3O5/c1-26-14-7-9(12(18)8-13(14)22)6-11-15(23)20-17(25)21(16(11)24)10-2-4-19-5-3-10/h2-8,22H,1H3,(H,20,23,25)/b11-6+. The molecular weight excluding hydrogens is 406 g/mol. The number of carbonyl (C=O) groups is 3. The van der Waals surface area contributed by atoms with Gasteiger partial charge in [0.2, 0.25) is 0 Å². The molecule has 3 rings (SSSR count). The second kappa shape index (κ2) is 6.96. The molecule has 2 N–H and O–H groups in total. The van der Waals surface area contributed by atoms with Crippen molar-refractivity contribution in [3.63, 3.8) is 0 Å². The zero-order valence-electron chi connectivity index (χ0n) is 13.4. The highest BCUT2D eigenvalue weighted by molar-refractivity contribution is 9.10. The van der Waals surface area contributed by atoms with Gasteiger partial charge in [0.15, 0.2) is 11.5 Å². The van der Waals surface area contributed by atoms with Crippen LogP contribution in [0.2, 0.25) is 0 Å². The first-order valence-corrected chi connectivity index (χ1v) is 8.09. The van der Waals surface area contributed by atoms with Gasteiger partial charge in [-0.3, -0.25) is 19.9 Å². The number of rotatable bonds is 3. The number of aromatic nitrogens is 1. The number of nitrogens with zero attached hydrogens (tertiary/aromatic N) is 2. The summed E-state index contributed by atoms with van der Waals surface area (Å²) in [6, 6.07) is 4.95. The topological polar surface area (TPSA) is 109 Å². The summed E-state index contributed by atoms with van der Waals surface area (Å²) in [5, 5.41) is 11.9. The van der Waals surface area contributed by atoms with Gasteiger partial charge in [-0.05, 0) is 35.9 Å². The number of pyridine rings is 1. The van der Waals surface area contributed by atoms with Gasteiger partial charge in [-0.15, -0.1) is 0 Å². The molecule has 1 fully saturated rings. The van der Waals surface area contributed by atoms with Crippen molar-refractivity contribution in [2.24, 2.45) is 0 Å². The minimum absolute atomic E-state index is 0.102. The Hall–Kier alpha value is -3.20. The van der Waals surface area contributed by atoms with Crippen LogP contribution in [0.1, 0.15) is 5.56 Å². The van der Waals surface area contributed by atoms with Crippen molar-refractivity contribution < 1.29 is 24.2 Å². The first kappa shape index (κ1) is 17.6. The molecule has 0 atom stereocenters. The summed E-state index contributed by atoms with van der Waals surface area (Å²) < 4.78 is 5.47. The molecule has 0 bridgehead atoms. The van der Waals surface area contributed by atoms with E-state index >= 15 is 0 Å². The molecule has 1 aliphatic rings. The number of benzene rings is 1. The predicted molar refractivity (Wildman–Crippen MR) is 95.6 cm³/mol. The van der Waals surface area contributed by atoms with Gasteiger partial charge >= 0.3 is 6.03 Å². The molecule has 1 aromatic heterocycles. The van der Waals surface area contributed by atoms with Crippen LogP contribution in [0.15, 0.2) is 46.7 Å². The Labute approximate surface area is 156 Å². The van der Waals surface area contributed by atoms with Crippen molar-refractivity contribution in [2.45, 2.75) is 0 Å². The van der Waals surface area contributed by atoms with Gasteiger partial charge in [-0.1, -0.05) is 15.9 Å². The average Bonchev–Trinajstić information content (AvgIpc) is 2.61. The summed E-state index contributed by atoms with van der Waals surface area (Å²) in [4.78, 5) is 41.7. The summed E-state index contributed by atoms with van der Waals surface area (Å²) >= 11 is 3.26. The molecule has 1 aliphatic heterocycles. The number of imide groups is 2. The number of amides is 4. The van der Waals surface area contributed by atoms with Crippen molar-refractivity contribution in [3.8, 4) is 11.5 Å². The van der Waals surface area contributed by atoms with Gasteiger partial charge in [0.05, 0.1) is 12.8 Å². The van der Waals surface area contributed by atoms with Crippen LogP contribution in [0, 0.1) is 0 Å². The van der Waals surface area contributed by atoms with E-state index in [9.17, 15) is 19.5 Å². The molecule has 8 nitrogen and oxygen atoms in total. The zero-order valence-corrected chi connectivity index (χ0v) is 15.0. The third-order valence-electron chi connectivity index (χ3n) is 3.62. The molecule has 2 aromatic rings. The Balaban J connectivity index is 2.06. The van der Waals surface area contributed by atoms with Crippen LogP contribution in [0.5, 0.6) is 11.5 Å². The minimum Gasteiger partial charge on any atom is -0.504 e. The van der Waals surface area contributed by atoms with Crippen molar-refractivity contribution in [2.75, 3.05) is 12.0 Å². The lowest BCUT2D eigenvalue weighted by molar-refractivity contribution is -0.122. The maximum atomic E-state index is 12.7. The predicted octanol–water partition coefficient (Wildman–Crippen LogP) is 2.22. The molecule has 0 saturated carbocycles. The summed E-state index contributed by atoms with van der Waals surface area (Å²) in [5.41, 5.74) is 0.459. The fourth-order valence-corrected chi connectivity index (χ4v) is 2.82. The van der Waals surface area contributed by atoms with E-state index in [2.05, 4.69) is 26.2 Å². The number of barbiturate groups is 1. The monoisotopic (exact) mass is 417 g/mol. The Morgan fingerprint density at radius 1 is 1.23 bits per heavy atom. The highest BCUT2D eigenvalue weighted by Crippen LogP contribution is 2.34. The molecule has 9 heteroatoms. The van der Waals surface area contributed by atoms with Gasteiger partial charge in [-0.25, -0.2) is 9.69 Å². The zero-order chi connectivity index (χ0) is 18.8. The number of phenols is 1. The molecule has 0 radical (unpaired) electrons. The van der Waals surface area contributed by atoms with Crippen molar-refractivity contribution in [1.29, 1.82) is 0 Å². The van der Waals surface area contributed by atoms with E-state index in [4.69, 9.17) is 4.74 Å². The Kier molecular flexibility index (Phi) is 4.72. The fraction of sp³-hybridized carbons (Fsp3) is 0.0588. The minimum atomic E-state index is -0.842. The second-order valence-electron chi connectivity index (χ2n) is 5.21. The van der Waals surface area contributed by atoms with Crippen molar-refractivity contribution in [1.82, 2.24) is 10.3 Å². The summed E-state index contributed by atoms with van der Waals surface area (Å²) in [6.45, 7) is 0. The number of urea groups is 1. The molecule has 0 unspecified atom stereocenters. The number of carbonyl (C=O) groups excluding carboxylic acids is 3. The van der Waals surface area contributed by atoms with Gasteiger partial charge < -0.3 is 9.84 Å². The smallest absolute Gasteiger partial charge is 0.335 e. The lowest BCUT2D eigenvalue weighted by Crippen LogP contribution is -2.54. The number of hydrogen-bond acceptors (Lipinski definition) is 6. The molecule has 0 aliphatic carbocycles. The van der Waals surface area contributed by atoms with Gasteiger partial charge in [0.1, 0.15) is 5.57 Å². The molecule has 4 amide bonds. The van der Waals surface area contributed by atoms with Crippen LogP contribution in [0.4, 0.5) is 10.5 Å². The number of ether oxygens (including phenoxy) is 1. The normalized spacial score (nSPS) is 16.0. The quantitative estimate of drug-likeness (QED) is 0.585. The SMILES string of the molecule is COc1cc(/C=C2\C(=O)NC(=O)N(c3ccncc3)C2=O)c(Br)cc1O. The number of aromatic hydroxyl groups is 1. The molecule has 2 heterocycles. The molecule has 26 heavy (non-hydrogen) atoms. The largest absolute Gasteiger partial charge is 0.504 e. The van der Waals surface area contributed by atoms with Crippen LogP contribution >= 0.6 is 15.9 Å². The fourth-order valence-electron chi connectivity index (χ4n) is 2.37. The molecular formula is C17H12BrN3O5. The first-order valence-electron chi connectivity index (χ1n) is 7.30. The van der Waals surface area contributed by atoms with Gasteiger partial charge in [0.25, 0.3) is 11.8 Å². The number of halogens is 1. The van der Waals surface area contributed by atoms with Crippen LogP contribution in [0.3, 0.4) is 0 Å².